The second-order valence-electron chi connectivity index (χ2n) is 8.02. The lowest BCUT2D eigenvalue weighted by atomic mass is 9.96. The number of nitrogens with zero attached hydrogens (tertiary/aromatic N) is 1. The molecule has 0 aromatic heterocycles. The summed E-state index contributed by atoms with van der Waals surface area (Å²) >= 11 is 0. The van der Waals surface area contributed by atoms with Crippen LogP contribution in [0.1, 0.15) is 33.6 Å². The van der Waals surface area contributed by atoms with Crippen molar-refractivity contribution in [1.29, 1.82) is 0 Å². The fraction of sp³-hybridized carbons (Fsp3) is 0.600. The van der Waals surface area contributed by atoms with Gasteiger partial charge in [-0.1, -0.05) is 12.1 Å². The van der Waals surface area contributed by atoms with Crippen LogP contribution in [0.25, 0.3) is 0 Å². The van der Waals surface area contributed by atoms with Crippen LogP contribution < -0.4 is 14.8 Å². The van der Waals surface area contributed by atoms with E-state index in [1.165, 1.54) is 0 Å². The van der Waals surface area contributed by atoms with Gasteiger partial charge in [0.15, 0.2) is 11.5 Å². The third kappa shape index (κ3) is 5.28. The molecule has 0 bridgehead atoms. The number of piperidine rings is 1. The first-order valence-electron chi connectivity index (χ1n) is 9.46. The van der Waals surface area contributed by atoms with Gasteiger partial charge in [-0.15, -0.1) is 0 Å². The topological polar surface area (TPSA) is 77.1 Å². The molecule has 1 atom stereocenters. The predicted molar refractivity (Wildman–Crippen MR) is 99.9 cm³/mol. The second kappa shape index (κ2) is 8.06. The first kappa shape index (κ1) is 19.3. The van der Waals surface area contributed by atoms with Gasteiger partial charge in [0.05, 0.1) is 0 Å². The number of amides is 2. The Kier molecular flexibility index (Phi) is 5.77. The van der Waals surface area contributed by atoms with Crippen LogP contribution in [-0.2, 0) is 9.53 Å². The lowest BCUT2D eigenvalue weighted by molar-refractivity contribution is -0.142. The highest BCUT2D eigenvalue weighted by Crippen LogP contribution is 2.31. The van der Waals surface area contributed by atoms with Crippen molar-refractivity contribution in [2.24, 2.45) is 5.92 Å². The monoisotopic (exact) mass is 376 g/mol. The summed E-state index contributed by atoms with van der Waals surface area (Å²) < 4.78 is 16.7. The molecular formula is C20H28N2O5. The standard InChI is InChI=1S/C20H28N2O5/c1-20(2,3)27-19(24)21-12-14-8-10-22(11-9-14)18(23)17-13-25-15-6-4-5-7-16(15)26-17/h4-7,14,17H,8-13H2,1-3H3,(H,21,24). The maximum Gasteiger partial charge on any atom is 0.407 e. The minimum absolute atomic E-state index is 0.0388. The van der Waals surface area contributed by atoms with Crippen LogP contribution in [0.4, 0.5) is 4.79 Å². The number of nitrogens with one attached hydrogen (secondary N) is 1. The number of alkyl carbamates (subject to hydrolysis) is 1. The highest BCUT2D eigenvalue weighted by atomic mass is 16.6. The van der Waals surface area contributed by atoms with Crippen molar-refractivity contribution in [3.8, 4) is 11.5 Å². The predicted octanol–water partition coefficient (Wildman–Crippen LogP) is 2.59. The SMILES string of the molecule is CC(C)(C)OC(=O)NCC1CCN(C(=O)C2COc3ccccc3O2)CC1. The number of carbonyl (C=O) groups is 2. The van der Waals surface area contributed by atoms with Crippen molar-refractivity contribution in [2.45, 2.75) is 45.3 Å². The number of fused-ring (bicyclic) bond motifs is 1. The molecule has 148 valence electrons. The van der Waals surface area contributed by atoms with Gasteiger partial charge in [0.1, 0.15) is 12.2 Å². The van der Waals surface area contributed by atoms with Crippen LogP contribution in [0.2, 0.25) is 0 Å². The van der Waals surface area contributed by atoms with Gasteiger partial charge in [-0.05, 0) is 51.7 Å². The van der Waals surface area contributed by atoms with Crippen LogP contribution in [0, 0.1) is 5.92 Å². The first-order valence-corrected chi connectivity index (χ1v) is 9.46. The Balaban J connectivity index is 1.43. The maximum absolute atomic E-state index is 12.7. The molecule has 1 unspecified atom stereocenters. The van der Waals surface area contributed by atoms with Crippen LogP contribution >= 0.6 is 0 Å². The molecule has 0 saturated carbocycles. The molecule has 2 aliphatic rings. The number of carbonyl (C=O) groups excluding carboxylic acids is 2. The Morgan fingerprint density at radius 2 is 1.85 bits per heavy atom. The molecule has 2 amide bonds. The minimum Gasteiger partial charge on any atom is -0.485 e. The third-order valence-electron chi connectivity index (χ3n) is 4.64. The lowest BCUT2D eigenvalue weighted by Gasteiger charge is -2.35. The quantitative estimate of drug-likeness (QED) is 0.877. The summed E-state index contributed by atoms with van der Waals surface area (Å²) in [6, 6.07) is 7.38. The van der Waals surface area contributed by atoms with Crippen molar-refractivity contribution >= 4 is 12.0 Å². The summed E-state index contributed by atoms with van der Waals surface area (Å²) in [6.07, 6.45) is 0.681. The molecule has 1 aromatic carbocycles. The van der Waals surface area contributed by atoms with E-state index in [9.17, 15) is 9.59 Å². The minimum atomic E-state index is -0.601. The summed E-state index contributed by atoms with van der Waals surface area (Å²) in [7, 11) is 0. The van der Waals surface area contributed by atoms with Gasteiger partial charge in [-0.3, -0.25) is 4.79 Å². The van der Waals surface area contributed by atoms with Crippen LogP contribution in [0.5, 0.6) is 11.5 Å². The normalized spacial score (nSPS) is 20.1. The van der Waals surface area contributed by atoms with Crippen LogP contribution in [0.3, 0.4) is 0 Å². The number of likely N-dealkylation sites (tertiary alicyclic amines) is 1. The molecule has 7 heteroatoms. The summed E-state index contributed by atoms with van der Waals surface area (Å²) in [5.74, 6) is 1.58. The molecule has 1 saturated heterocycles. The van der Waals surface area contributed by atoms with E-state index in [1.54, 1.807) is 0 Å². The zero-order valence-corrected chi connectivity index (χ0v) is 16.2. The molecule has 1 fully saturated rings. The summed E-state index contributed by atoms with van der Waals surface area (Å²) in [5, 5.41) is 2.82. The first-order chi connectivity index (χ1) is 12.8. The molecule has 0 aliphatic carbocycles. The Labute approximate surface area is 160 Å². The zero-order chi connectivity index (χ0) is 19.4. The van der Waals surface area contributed by atoms with Crippen molar-refractivity contribution in [2.75, 3.05) is 26.2 Å². The largest absolute Gasteiger partial charge is 0.485 e. The Morgan fingerprint density at radius 1 is 1.19 bits per heavy atom. The van der Waals surface area contributed by atoms with E-state index in [4.69, 9.17) is 14.2 Å². The molecule has 0 radical (unpaired) electrons. The molecule has 7 nitrogen and oxygen atoms in total. The van der Waals surface area contributed by atoms with Gasteiger partial charge in [-0.2, -0.15) is 0 Å². The van der Waals surface area contributed by atoms with Crippen LogP contribution in [-0.4, -0.2) is 54.8 Å². The van der Waals surface area contributed by atoms with E-state index in [-0.39, 0.29) is 12.5 Å². The molecule has 1 N–H and O–H groups in total. The second-order valence-corrected chi connectivity index (χ2v) is 8.02. The molecular weight excluding hydrogens is 348 g/mol. The number of ether oxygens (including phenoxy) is 3. The van der Waals surface area contributed by atoms with Crippen molar-refractivity contribution in [3.63, 3.8) is 0 Å². The van der Waals surface area contributed by atoms with E-state index in [1.807, 2.05) is 49.9 Å². The molecule has 27 heavy (non-hydrogen) atoms. The summed E-state index contributed by atoms with van der Waals surface area (Å²) in [5.41, 5.74) is -0.499. The van der Waals surface area contributed by atoms with Gasteiger partial charge in [0.2, 0.25) is 6.10 Å². The highest BCUT2D eigenvalue weighted by Gasteiger charge is 2.33. The zero-order valence-electron chi connectivity index (χ0n) is 16.2. The van der Waals surface area contributed by atoms with Gasteiger partial charge >= 0.3 is 6.09 Å². The van der Waals surface area contributed by atoms with Gasteiger partial charge in [-0.25, -0.2) is 4.79 Å². The van der Waals surface area contributed by atoms with E-state index in [2.05, 4.69) is 5.32 Å². The van der Waals surface area contributed by atoms with E-state index < -0.39 is 17.8 Å². The van der Waals surface area contributed by atoms with Crippen molar-refractivity contribution in [1.82, 2.24) is 10.2 Å². The van der Waals surface area contributed by atoms with Crippen LogP contribution in [0.15, 0.2) is 24.3 Å². The van der Waals surface area contributed by atoms with Gasteiger partial charge < -0.3 is 24.4 Å². The number of hydrogen-bond donors (Lipinski definition) is 1. The Hall–Kier alpha value is -2.44. The van der Waals surface area contributed by atoms with Crippen molar-refractivity contribution < 1.29 is 23.8 Å². The number of para-hydroxylation sites is 2. The molecule has 2 heterocycles. The summed E-state index contributed by atoms with van der Waals surface area (Å²) in [6.45, 7) is 7.62. The third-order valence-corrected chi connectivity index (χ3v) is 4.64. The average Bonchev–Trinajstić information content (AvgIpc) is 2.64. The number of benzene rings is 1. The molecule has 1 aromatic rings. The van der Waals surface area contributed by atoms with E-state index in [0.717, 1.165) is 12.8 Å². The number of hydrogen-bond acceptors (Lipinski definition) is 5. The maximum atomic E-state index is 12.7. The van der Waals surface area contributed by atoms with Gasteiger partial charge in [0, 0.05) is 19.6 Å². The van der Waals surface area contributed by atoms with E-state index in [0.29, 0.717) is 37.1 Å². The molecule has 0 spiro atoms. The molecule has 2 aliphatic heterocycles. The Bertz CT molecular complexity index is 677. The smallest absolute Gasteiger partial charge is 0.407 e. The highest BCUT2D eigenvalue weighted by molar-refractivity contribution is 5.82. The fourth-order valence-electron chi connectivity index (χ4n) is 3.24. The van der Waals surface area contributed by atoms with E-state index >= 15 is 0 Å². The number of rotatable bonds is 3. The lowest BCUT2D eigenvalue weighted by Crippen LogP contribution is -2.49. The molecule has 3 rings (SSSR count). The average molecular weight is 376 g/mol. The summed E-state index contributed by atoms with van der Waals surface area (Å²) in [4.78, 5) is 26.3. The van der Waals surface area contributed by atoms with Gasteiger partial charge in [0.25, 0.3) is 5.91 Å². The van der Waals surface area contributed by atoms with Crippen molar-refractivity contribution in [3.05, 3.63) is 24.3 Å². The fourth-order valence-corrected chi connectivity index (χ4v) is 3.24. The Morgan fingerprint density at radius 3 is 2.52 bits per heavy atom.